The molecule has 0 saturated heterocycles. The first-order valence-electron chi connectivity index (χ1n) is 10.2. The number of carboxylic acids is 1. The van der Waals surface area contributed by atoms with Gasteiger partial charge >= 0.3 is 5.97 Å². The molecule has 1 atom stereocenters. The maximum absolute atomic E-state index is 12.2. The maximum atomic E-state index is 12.2. The van der Waals surface area contributed by atoms with Gasteiger partial charge in [0, 0.05) is 11.6 Å². The zero-order valence-electron chi connectivity index (χ0n) is 17.3. The lowest BCUT2D eigenvalue weighted by Crippen LogP contribution is -2.03. The van der Waals surface area contributed by atoms with Crippen LogP contribution in [-0.4, -0.2) is 21.9 Å². The summed E-state index contributed by atoms with van der Waals surface area (Å²) in [5.41, 5.74) is 5.48. The van der Waals surface area contributed by atoms with Gasteiger partial charge in [0.1, 0.15) is 18.6 Å². The predicted molar refractivity (Wildman–Crippen MR) is 124 cm³/mol. The summed E-state index contributed by atoms with van der Waals surface area (Å²) in [4.78, 5) is 12.2. The molecule has 5 heteroatoms. The van der Waals surface area contributed by atoms with E-state index in [0.29, 0.717) is 6.61 Å². The van der Waals surface area contributed by atoms with Gasteiger partial charge in [-0.1, -0.05) is 42.5 Å². The van der Waals surface area contributed by atoms with E-state index in [-0.39, 0.29) is 5.56 Å². The molecule has 1 aliphatic carbocycles. The van der Waals surface area contributed by atoms with Crippen molar-refractivity contribution in [1.29, 1.82) is 0 Å². The van der Waals surface area contributed by atoms with Crippen molar-refractivity contribution < 1.29 is 19.2 Å². The van der Waals surface area contributed by atoms with Crippen molar-refractivity contribution in [2.75, 3.05) is 6.26 Å². The van der Waals surface area contributed by atoms with Crippen molar-refractivity contribution in [2.24, 2.45) is 0 Å². The summed E-state index contributed by atoms with van der Waals surface area (Å²) in [6.45, 7) is 0.444. The second-order valence-corrected chi connectivity index (χ2v) is 8.96. The highest BCUT2D eigenvalue weighted by Crippen LogP contribution is 2.43. The highest BCUT2D eigenvalue weighted by Gasteiger charge is 2.23. The Kier molecular flexibility index (Phi) is 6.44. The van der Waals surface area contributed by atoms with Gasteiger partial charge in [-0.3, -0.25) is 0 Å². The average molecular weight is 433 g/mol. The molecule has 31 heavy (non-hydrogen) atoms. The lowest BCUT2D eigenvalue weighted by molar-refractivity contribution is 0.0697. The van der Waals surface area contributed by atoms with E-state index < -0.39 is 17.1 Å². The number of hydrogen-bond acceptors (Lipinski definition) is 3. The second kappa shape index (κ2) is 9.41. The number of aromatic carboxylic acids is 1. The SMILES string of the molecule is C[S+]([O-])c1ccc(OCc2ccccc2)c(C2=C(c3cccc(C(=O)O)c3)CCC2)c1. The van der Waals surface area contributed by atoms with Crippen LogP contribution in [0.4, 0.5) is 0 Å². The molecule has 4 nitrogen and oxygen atoms in total. The summed E-state index contributed by atoms with van der Waals surface area (Å²) >= 11 is -1.11. The van der Waals surface area contributed by atoms with Crippen LogP contribution >= 0.6 is 0 Å². The third kappa shape index (κ3) is 4.84. The van der Waals surface area contributed by atoms with Crippen molar-refractivity contribution in [3.63, 3.8) is 0 Å². The summed E-state index contributed by atoms with van der Waals surface area (Å²) in [5.74, 6) is -0.181. The zero-order valence-corrected chi connectivity index (χ0v) is 18.2. The van der Waals surface area contributed by atoms with Crippen LogP contribution in [-0.2, 0) is 17.8 Å². The molecule has 0 fully saturated rings. The molecule has 1 unspecified atom stereocenters. The Labute approximate surface area is 185 Å². The summed E-state index contributed by atoms with van der Waals surface area (Å²) in [7, 11) is 0. The minimum atomic E-state index is -1.11. The molecule has 3 aromatic carbocycles. The lowest BCUT2D eigenvalue weighted by Gasteiger charge is -2.16. The molecule has 0 aromatic heterocycles. The fourth-order valence-corrected chi connectivity index (χ4v) is 4.53. The molecule has 158 valence electrons. The summed E-state index contributed by atoms with van der Waals surface area (Å²) in [6, 6.07) is 22.8. The highest BCUT2D eigenvalue weighted by molar-refractivity contribution is 7.90. The van der Waals surface area contributed by atoms with E-state index in [4.69, 9.17) is 4.74 Å². The van der Waals surface area contributed by atoms with Crippen molar-refractivity contribution >= 4 is 28.3 Å². The van der Waals surface area contributed by atoms with Crippen LogP contribution < -0.4 is 4.74 Å². The molecule has 3 aromatic rings. The van der Waals surface area contributed by atoms with Gasteiger partial charge in [-0.25, -0.2) is 4.79 Å². The molecule has 0 radical (unpaired) electrons. The maximum Gasteiger partial charge on any atom is 0.335 e. The minimum absolute atomic E-state index is 0.278. The quantitative estimate of drug-likeness (QED) is 0.479. The predicted octanol–water partition coefficient (Wildman–Crippen LogP) is 5.80. The highest BCUT2D eigenvalue weighted by atomic mass is 32.2. The van der Waals surface area contributed by atoms with Crippen LogP contribution in [0.3, 0.4) is 0 Å². The molecule has 0 amide bonds. The Morgan fingerprint density at radius 1 is 1.00 bits per heavy atom. The summed E-state index contributed by atoms with van der Waals surface area (Å²) in [6.07, 6.45) is 4.40. The van der Waals surface area contributed by atoms with E-state index >= 15 is 0 Å². The fraction of sp³-hybridized carbons (Fsp3) is 0.192. The van der Waals surface area contributed by atoms with Crippen molar-refractivity contribution in [2.45, 2.75) is 30.8 Å². The summed E-state index contributed by atoms with van der Waals surface area (Å²) in [5, 5.41) is 9.38. The molecule has 0 aliphatic heterocycles. The number of rotatable bonds is 7. The van der Waals surface area contributed by atoms with Crippen LogP contribution in [0.15, 0.2) is 77.7 Å². The molecule has 0 saturated carbocycles. The van der Waals surface area contributed by atoms with E-state index in [9.17, 15) is 14.5 Å². The molecule has 1 aliphatic rings. The number of hydrogen-bond donors (Lipinski definition) is 1. The van der Waals surface area contributed by atoms with E-state index in [1.807, 2.05) is 54.6 Å². The topological polar surface area (TPSA) is 69.6 Å². The van der Waals surface area contributed by atoms with Crippen LogP contribution in [0.1, 0.15) is 46.3 Å². The Balaban J connectivity index is 1.76. The van der Waals surface area contributed by atoms with Gasteiger partial charge in [0.25, 0.3) is 0 Å². The van der Waals surface area contributed by atoms with Gasteiger partial charge in [0.05, 0.1) is 5.56 Å². The first-order chi connectivity index (χ1) is 15.0. The first kappa shape index (κ1) is 21.2. The van der Waals surface area contributed by atoms with Gasteiger partial charge in [-0.15, -0.1) is 0 Å². The molecule has 1 N–H and O–H groups in total. The van der Waals surface area contributed by atoms with Crippen LogP contribution in [0.5, 0.6) is 5.75 Å². The van der Waals surface area contributed by atoms with Crippen molar-refractivity contribution in [3.05, 3.63) is 95.1 Å². The normalized spacial score (nSPS) is 14.5. The first-order valence-corrected chi connectivity index (χ1v) is 11.8. The molecular formula is C26H24O4S. The fourth-order valence-electron chi connectivity index (χ4n) is 3.98. The van der Waals surface area contributed by atoms with Crippen LogP contribution in [0.2, 0.25) is 0 Å². The van der Waals surface area contributed by atoms with Crippen molar-refractivity contribution in [1.82, 2.24) is 0 Å². The number of benzene rings is 3. The minimum Gasteiger partial charge on any atom is -0.612 e. The Morgan fingerprint density at radius 2 is 1.77 bits per heavy atom. The zero-order chi connectivity index (χ0) is 21.8. The monoisotopic (exact) mass is 432 g/mol. The molecule has 0 bridgehead atoms. The molecular weight excluding hydrogens is 408 g/mol. The standard InChI is InChI=1S/C26H24O4S/c1-31(29)21-13-14-25(30-17-18-7-3-2-4-8-18)24(16-21)23-12-6-11-22(23)19-9-5-10-20(15-19)26(27)28/h2-5,7-10,13-16H,6,11-12,17H2,1H3,(H,27,28). The number of allylic oxidation sites excluding steroid dienone is 2. The smallest absolute Gasteiger partial charge is 0.335 e. The van der Waals surface area contributed by atoms with Gasteiger partial charge in [-0.2, -0.15) is 0 Å². The largest absolute Gasteiger partial charge is 0.612 e. The van der Waals surface area contributed by atoms with Crippen molar-refractivity contribution in [3.8, 4) is 5.75 Å². The average Bonchev–Trinajstić information content (AvgIpc) is 3.28. The van der Waals surface area contributed by atoms with Gasteiger partial charge in [0.15, 0.2) is 4.90 Å². The van der Waals surface area contributed by atoms with Gasteiger partial charge in [-0.05, 0) is 77.0 Å². The number of carboxylic acid groups (broad SMARTS) is 1. The van der Waals surface area contributed by atoms with E-state index in [1.165, 1.54) is 0 Å². The molecule has 0 heterocycles. The number of carbonyl (C=O) groups is 1. The van der Waals surface area contributed by atoms with Gasteiger partial charge in [0.2, 0.25) is 0 Å². The Hall–Kier alpha value is -3.02. The van der Waals surface area contributed by atoms with E-state index in [0.717, 1.165) is 57.7 Å². The van der Waals surface area contributed by atoms with Crippen LogP contribution in [0, 0.1) is 0 Å². The lowest BCUT2D eigenvalue weighted by atomic mass is 9.95. The Morgan fingerprint density at radius 3 is 2.52 bits per heavy atom. The molecule has 0 spiro atoms. The third-order valence-corrected chi connectivity index (χ3v) is 6.44. The molecule has 4 rings (SSSR count). The van der Waals surface area contributed by atoms with Crippen LogP contribution in [0.25, 0.3) is 11.1 Å². The summed E-state index contributed by atoms with van der Waals surface area (Å²) < 4.78 is 18.4. The van der Waals surface area contributed by atoms with E-state index in [1.54, 1.807) is 24.5 Å². The van der Waals surface area contributed by atoms with E-state index in [2.05, 4.69) is 0 Å². The van der Waals surface area contributed by atoms with Gasteiger partial charge < -0.3 is 14.4 Å². The number of ether oxygens (including phenoxy) is 1. The third-order valence-electron chi connectivity index (χ3n) is 5.52. The second-order valence-electron chi connectivity index (χ2n) is 7.58. The Bertz CT molecular complexity index is 1120.